The van der Waals surface area contributed by atoms with E-state index in [0.29, 0.717) is 17.0 Å². The first-order valence-electron chi connectivity index (χ1n) is 6.90. The van der Waals surface area contributed by atoms with E-state index in [1.807, 2.05) is 37.3 Å². The van der Waals surface area contributed by atoms with Crippen LogP contribution in [0.4, 0.5) is 0 Å². The third-order valence-corrected chi connectivity index (χ3v) is 3.91. The summed E-state index contributed by atoms with van der Waals surface area (Å²) in [6, 6.07) is 19.8. The number of benzene rings is 3. The van der Waals surface area contributed by atoms with Crippen LogP contribution in [0.25, 0.3) is 10.8 Å². The zero-order valence-electron chi connectivity index (χ0n) is 11.8. The standard InChI is InChI=1S/C19H15ClO/c1-13-6-9-17(20)12-18(13)19(21)11-14-7-8-15-4-2-3-5-16(15)10-14/h2-10,12H,11H2,1H3. The van der Waals surface area contributed by atoms with Crippen LogP contribution in [0.15, 0.2) is 60.7 Å². The van der Waals surface area contributed by atoms with Gasteiger partial charge in [0.25, 0.3) is 0 Å². The zero-order chi connectivity index (χ0) is 14.8. The van der Waals surface area contributed by atoms with E-state index in [4.69, 9.17) is 11.6 Å². The molecule has 0 bridgehead atoms. The Morgan fingerprint density at radius 3 is 2.52 bits per heavy atom. The third-order valence-electron chi connectivity index (χ3n) is 3.68. The second-order valence-electron chi connectivity index (χ2n) is 5.24. The molecule has 0 fully saturated rings. The fourth-order valence-corrected chi connectivity index (χ4v) is 2.70. The molecule has 0 N–H and O–H groups in total. The minimum Gasteiger partial charge on any atom is -0.294 e. The number of hydrogen-bond donors (Lipinski definition) is 0. The van der Waals surface area contributed by atoms with Crippen LogP contribution in [0.3, 0.4) is 0 Å². The van der Waals surface area contributed by atoms with E-state index in [9.17, 15) is 4.79 Å². The Morgan fingerprint density at radius 2 is 1.71 bits per heavy atom. The highest BCUT2D eigenvalue weighted by atomic mass is 35.5. The van der Waals surface area contributed by atoms with Crippen molar-refractivity contribution >= 4 is 28.2 Å². The van der Waals surface area contributed by atoms with Crippen molar-refractivity contribution in [1.29, 1.82) is 0 Å². The quantitative estimate of drug-likeness (QED) is 0.605. The van der Waals surface area contributed by atoms with Crippen LogP contribution in [-0.4, -0.2) is 5.78 Å². The number of rotatable bonds is 3. The average Bonchev–Trinajstić information content (AvgIpc) is 2.49. The summed E-state index contributed by atoms with van der Waals surface area (Å²) in [6.45, 7) is 1.93. The molecule has 0 atom stereocenters. The highest BCUT2D eigenvalue weighted by molar-refractivity contribution is 6.31. The first-order chi connectivity index (χ1) is 10.1. The van der Waals surface area contributed by atoms with E-state index in [0.717, 1.165) is 16.5 Å². The molecule has 0 aromatic heterocycles. The molecule has 3 rings (SSSR count). The molecule has 0 amide bonds. The number of aryl methyl sites for hydroxylation is 1. The molecule has 0 radical (unpaired) electrons. The summed E-state index contributed by atoms with van der Waals surface area (Å²) < 4.78 is 0. The van der Waals surface area contributed by atoms with E-state index >= 15 is 0 Å². The molecule has 0 heterocycles. The molecule has 21 heavy (non-hydrogen) atoms. The van der Waals surface area contributed by atoms with Gasteiger partial charge in [0.2, 0.25) is 0 Å². The van der Waals surface area contributed by atoms with Crippen molar-refractivity contribution < 1.29 is 4.79 Å². The van der Waals surface area contributed by atoms with Crippen molar-refractivity contribution in [3.8, 4) is 0 Å². The SMILES string of the molecule is Cc1ccc(Cl)cc1C(=O)Cc1ccc2ccccc2c1. The lowest BCUT2D eigenvalue weighted by molar-refractivity contribution is 0.0992. The Bertz CT molecular complexity index is 821. The van der Waals surface area contributed by atoms with Gasteiger partial charge in [-0.15, -0.1) is 0 Å². The predicted octanol–water partition coefficient (Wildman–Crippen LogP) is 5.23. The number of fused-ring (bicyclic) bond motifs is 1. The number of carbonyl (C=O) groups is 1. The van der Waals surface area contributed by atoms with Crippen molar-refractivity contribution in [2.45, 2.75) is 13.3 Å². The van der Waals surface area contributed by atoms with E-state index in [1.54, 1.807) is 6.07 Å². The Kier molecular flexibility index (Phi) is 3.76. The van der Waals surface area contributed by atoms with Crippen molar-refractivity contribution in [3.05, 3.63) is 82.4 Å². The first kappa shape index (κ1) is 13.8. The first-order valence-corrected chi connectivity index (χ1v) is 7.28. The number of ketones is 1. The van der Waals surface area contributed by atoms with Gasteiger partial charge in [0.05, 0.1) is 0 Å². The summed E-state index contributed by atoms with van der Waals surface area (Å²) in [6.07, 6.45) is 0.395. The minimum absolute atomic E-state index is 0.102. The molecule has 0 aliphatic carbocycles. The molecule has 0 aliphatic rings. The van der Waals surface area contributed by atoms with Gasteiger partial charge in [-0.05, 0) is 41.0 Å². The topological polar surface area (TPSA) is 17.1 Å². The molecular formula is C19H15ClO. The molecular weight excluding hydrogens is 280 g/mol. The molecule has 0 saturated carbocycles. The molecule has 0 unspecified atom stereocenters. The molecule has 104 valence electrons. The van der Waals surface area contributed by atoms with Crippen molar-refractivity contribution in [1.82, 2.24) is 0 Å². The number of hydrogen-bond acceptors (Lipinski definition) is 1. The van der Waals surface area contributed by atoms with Crippen molar-refractivity contribution in [3.63, 3.8) is 0 Å². The van der Waals surface area contributed by atoms with E-state index in [-0.39, 0.29) is 5.78 Å². The third kappa shape index (κ3) is 2.98. The fraction of sp³-hybridized carbons (Fsp3) is 0.105. The van der Waals surface area contributed by atoms with Gasteiger partial charge < -0.3 is 0 Å². The zero-order valence-corrected chi connectivity index (χ0v) is 12.5. The summed E-state index contributed by atoms with van der Waals surface area (Å²) in [4.78, 5) is 12.5. The summed E-state index contributed by atoms with van der Waals surface area (Å²) in [5.74, 6) is 0.102. The van der Waals surface area contributed by atoms with E-state index < -0.39 is 0 Å². The van der Waals surface area contributed by atoms with Crippen molar-refractivity contribution in [2.24, 2.45) is 0 Å². The lowest BCUT2D eigenvalue weighted by Crippen LogP contribution is -2.05. The highest BCUT2D eigenvalue weighted by Gasteiger charge is 2.11. The normalized spacial score (nSPS) is 10.8. The van der Waals surface area contributed by atoms with Gasteiger partial charge in [-0.1, -0.05) is 60.1 Å². The highest BCUT2D eigenvalue weighted by Crippen LogP contribution is 2.20. The van der Waals surface area contributed by atoms with Gasteiger partial charge in [-0.2, -0.15) is 0 Å². The van der Waals surface area contributed by atoms with Crippen molar-refractivity contribution in [2.75, 3.05) is 0 Å². The Hall–Kier alpha value is -2.12. The number of carbonyl (C=O) groups excluding carboxylic acids is 1. The van der Waals surface area contributed by atoms with Gasteiger partial charge in [0.15, 0.2) is 5.78 Å². The van der Waals surface area contributed by atoms with Gasteiger partial charge in [-0.3, -0.25) is 4.79 Å². The lowest BCUT2D eigenvalue weighted by Gasteiger charge is -2.07. The molecule has 2 heteroatoms. The van der Waals surface area contributed by atoms with Crippen LogP contribution >= 0.6 is 11.6 Å². The van der Waals surface area contributed by atoms with Crippen LogP contribution in [-0.2, 0) is 6.42 Å². The number of Topliss-reactive ketones (excluding diaryl/α,β-unsaturated/α-hetero) is 1. The minimum atomic E-state index is 0.102. The van der Waals surface area contributed by atoms with Crippen LogP contribution in [0.5, 0.6) is 0 Å². The molecule has 3 aromatic carbocycles. The number of halogens is 1. The second-order valence-corrected chi connectivity index (χ2v) is 5.68. The summed E-state index contributed by atoms with van der Waals surface area (Å²) in [7, 11) is 0. The maximum atomic E-state index is 12.5. The van der Waals surface area contributed by atoms with Gasteiger partial charge in [-0.25, -0.2) is 0 Å². The summed E-state index contributed by atoms with van der Waals surface area (Å²) in [5, 5.41) is 2.95. The maximum Gasteiger partial charge on any atom is 0.167 e. The Labute approximate surface area is 129 Å². The summed E-state index contributed by atoms with van der Waals surface area (Å²) >= 11 is 5.99. The van der Waals surface area contributed by atoms with Gasteiger partial charge in [0, 0.05) is 17.0 Å². The largest absolute Gasteiger partial charge is 0.294 e. The fourth-order valence-electron chi connectivity index (χ4n) is 2.52. The Balaban J connectivity index is 1.90. The van der Waals surface area contributed by atoms with Crippen LogP contribution in [0.2, 0.25) is 5.02 Å². The van der Waals surface area contributed by atoms with Gasteiger partial charge >= 0.3 is 0 Å². The smallest absolute Gasteiger partial charge is 0.167 e. The maximum absolute atomic E-state index is 12.5. The van der Waals surface area contributed by atoms with E-state index in [1.165, 1.54) is 5.39 Å². The molecule has 1 nitrogen and oxygen atoms in total. The molecule has 3 aromatic rings. The average molecular weight is 295 g/mol. The van der Waals surface area contributed by atoms with Crippen LogP contribution in [0, 0.1) is 6.92 Å². The summed E-state index contributed by atoms with van der Waals surface area (Å²) in [5.41, 5.74) is 2.69. The van der Waals surface area contributed by atoms with Gasteiger partial charge in [0.1, 0.15) is 0 Å². The molecule has 0 saturated heterocycles. The van der Waals surface area contributed by atoms with Crippen LogP contribution in [0.1, 0.15) is 21.5 Å². The predicted molar refractivity (Wildman–Crippen MR) is 88.2 cm³/mol. The van der Waals surface area contributed by atoms with Crippen LogP contribution < -0.4 is 0 Å². The lowest BCUT2D eigenvalue weighted by atomic mass is 9.98. The second kappa shape index (κ2) is 5.71. The monoisotopic (exact) mass is 294 g/mol. The van der Waals surface area contributed by atoms with E-state index in [2.05, 4.69) is 24.3 Å². The molecule has 0 spiro atoms. The molecule has 0 aliphatic heterocycles. The Morgan fingerprint density at radius 1 is 0.952 bits per heavy atom.